The van der Waals surface area contributed by atoms with Gasteiger partial charge in [0, 0.05) is 5.88 Å². The van der Waals surface area contributed by atoms with E-state index in [1.807, 2.05) is 24.3 Å². The van der Waals surface area contributed by atoms with Gasteiger partial charge in [0.05, 0.1) is 11.6 Å². The van der Waals surface area contributed by atoms with E-state index in [4.69, 9.17) is 16.9 Å². The fourth-order valence-electron chi connectivity index (χ4n) is 0.849. The molecule has 0 unspecified atom stereocenters. The van der Waals surface area contributed by atoms with Crippen LogP contribution in [0.3, 0.4) is 0 Å². The topological polar surface area (TPSA) is 23.8 Å². The molecule has 1 rings (SSSR count). The Bertz CT molecular complexity index is 306. The summed E-state index contributed by atoms with van der Waals surface area (Å²) < 4.78 is 0. The van der Waals surface area contributed by atoms with E-state index in [9.17, 15) is 0 Å². The summed E-state index contributed by atoms with van der Waals surface area (Å²) in [6.45, 7) is 0. The maximum atomic E-state index is 8.52. The lowest BCUT2D eigenvalue weighted by Crippen LogP contribution is -1.74. The van der Waals surface area contributed by atoms with Crippen LogP contribution < -0.4 is 0 Å². The number of alkyl halides is 1. The minimum atomic E-state index is 0.514. The van der Waals surface area contributed by atoms with Crippen LogP contribution in [0.15, 0.2) is 30.3 Å². The second-order valence-electron chi connectivity index (χ2n) is 2.29. The second-order valence-corrected chi connectivity index (χ2v) is 2.60. The van der Waals surface area contributed by atoms with Crippen molar-refractivity contribution >= 4 is 17.7 Å². The Hall–Kier alpha value is -1.26. The van der Waals surface area contributed by atoms with Gasteiger partial charge in [0.15, 0.2) is 0 Å². The van der Waals surface area contributed by atoms with Gasteiger partial charge in [0.2, 0.25) is 0 Å². The molecule has 0 atom stereocenters. The highest BCUT2D eigenvalue weighted by Crippen LogP contribution is 2.04. The van der Waals surface area contributed by atoms with Crippen LogP contribution in [0.5, 0.6) is 0 Å². The Kier molecular flexibility index (Phi) is 3.37. The van der Waals surface area contributed by atoms with E-state index in [1.165, 1.54) is 0 Å². The smallest absolute Gasteiger partial charge is 0.0991 e. The Morgan fingerprint density at radius 3 is 2.50 bits per heavy atom. The SMILES string of the molecule is N#Cc1ccc(C=CCCl)cc1. The van der Waals surface area contributed by atoms with Crippen molar-refractivity contribution in [3.63, 3.8) is 0 Å². The monoisotopic (exact) mass is 177 g/mol. The summed E-state index contributed by atoms with van der Waals surface area (Å²) in [4.78, 5) is 0. The summed E-state index contributed by atoms with van der Waals surface area (Å²) >= 11 is 5.47. The van der Waals surface area contributed by atoms with Crippen molar-refractivity contribution in [1.29, 1.82) is 5.26 Å². The Balaban J connectivity index is 2.80. The van der Waals surface area contributed by atoms with Crippen molar-refractivity contribution in [1.82, 2.24) is 0 Å². The Labute approximate surface area is 76.9 Å². The maximum Gasteiger partial charge on any atom is 0.0991 e. The van der Waals surface area contributed by atoms with Crippen LogP contribution in [-0.4, -0.2) is 5.88 Å². The van der Waals surface area contributed by atoms with Crippen LogP contribution in [-0.2, 0) is 0 Å². The third-order valence-electron chi connectivity index (χ3n) is 1.44. The van der Waals surface area contributed by atoms with Crippen molar-refractivity contribution in [2.75, 3.05) is 5.88 Å². The van der Waals surface area contributed by atoms with Crippen molar-refractivity contribution in [3.05, 3.63) is 41.5 Å². The van der Waals surface area contributed by atoms with Crippen molar-refractivity contribution < 1.29 is 0 Å². The van der Waals surface area contributed by atoms with Crippen molar-refractivity contribution in [2.24, 2.45) is 0 Å². The molecular weight excluding hydrogens is 170 g/mol. The van der Waals surface area contributed by atoms with Gasteiger partial charge in [-0.3, -0.25) is 0 Å². The van der Waals surface area contributed by atoms with E-state index in [0.29, 0.717) is 11.4 Å². The molecule has 60 valence electrons. The zero-order chi connectivity index (χ0) is 8.81. The number of hydrogen-bond acceptors (Lipinski definition) is 1. The van der Waals surface area contributed by atoms with Gasteiger partial charge in [-0.05, 0) is 17.7 Å². The van der Waals surface area contributed by atoms with Gasteiger partial charge < -0.3 is 0 Å². The normalized spacial score (nSPS) is 10.0. The van der Waals surface area contributed by atoms with Crippen LogP contribution in [0.25, 0.3) is 6.08 Å². The summed E-state index contributed by atoms with van der Waals surface area (Å²) in [5, 5.41) is 8.52. The predicted molar refractivity (Wildman–Crippen MR) is 50.9 cm³/mol. The fraction of sp³-hybridized carbons (Fsp3) is 0.100. The molecule has 0 aliphatic carbocycles. The number of hydrogen-bond donors (Lipinski definition) is 0. The minimum absolute atomic E-state index is 0.514. The standard InChI is InChI=1S/C10H8ClN/c11-7-1-2-9-3-5-10(8-12)6-4-9/h1-6H,7H2. The molecule has 0 saturated carbocycles. The molecule has 0 N–H and O–H groups in total. The van der Waals surface area contributed by atoms with Crippen molar-refractivity contribution in [3.8, 4) is 6.07 Å². The molecule has 0 amide bonds. The zero-order valence-corrected chi connectivity index (χ0v) is 7.25. The number of rotatable bonds is 2. The number of allylic oxidation sites excluding steroid dienone is 1. The minimum Gasteiger partial charge on any atom is -0.192 e. The molecule has 0 aromatic heterocycles. The third-order valence-corrected chi connectivity index (χ3v) is 1.62. The molecule has 1 nitrogen and oxygen atoms in total. The van der Waals surface area contributed by atoms with Crippen LogP contribution in [0.1, 0.15) is 11.1 Å². The predicted octanol–water partition coefficient (Wildman–Crippen LogP) is 2.81. The summed E-state index contributed by atoms with van der Waals surface area (Å²) in [6.07, 6.45) is 3.79. The third kappa shape index (κ3) is 2.41. The molecule has 0 aliphatic rings. The molecule has 1 aromatic carbocycles. The maximum absolute atomic E-state index is 8.52. The van der Waals surface area contributed by atoms with Gasteiger partial charge in [0.25, 0.3) is 0 Å². The van der Waals surface area contributed by atoms with E-state index in [0.717, 1.165) is 5.56 Å². The number of nitriles is 1. The highest BCUT2D eigenvalue weighted by molar-refractivity contribution is 6.19. The number of benzene rings is 1. The molecule has 1 aromatic rings. The van der Waals surface area contributed by atoms with Gasteiger partial charge in [0.1, 0.15) is 0 Å². The molecule has 0 radical (unpaired) electrons. The van der Waals surface area contributed by atoms with Gasteiger partial charge in [-0.15, -0.1) is 11.6 Å². The van der Waals surface area contributed by atoms with E-state index in [-0.39, 0.29) is 0 Å². The highest BCUT2D eigenvalue weighted by atomic mass is 35.5. The van der Waals surface area contributed by atoms with Gasteiger partial charge in [-0.25, -0.2) is 0 Å². The molecule has 0 spiro atoms. The average Bonchev–Trinajstić information content (AvgIpc) is 2.15. The van der Waals surface area contributed by atoms with E-state index in [2.05, 4.69) is 6.07 Å². The molecule has 2 heteroatoms. The number of halogens is 1. The highest BCUT2D eigenvalue weighted by Gasteiger charge is 1.88. The quantitative estimate of drug-likeness (QED) is 0.638. The summed E-state index contributed by atoms with van der Waals surface area (Å²) in [7, 11) is 0. The first-order valence-corrected chi connectivity index (χ1v) is 4.13. The molecule has 12 heavy (non-hydrogen) atoms. The molecular formula is C10H8ClN. The Morgan fingerprint density at radius 2 is 2.00 bits per heavy atom. The summed E-state index contributed by atoms with van der Waals surface area (Å²) in [6, 6.07) is 9.41. The lowest BCUT2D eigenvalue weighted by atomic mass is 10.1. The van der Waals surface area contributed by atoms with Gasteiger partial charge in [-0.1, -0.05) is 24.3 Å². The summed E-state index contributed by atoms with van der Waals surface area (Å²) in [5.41, 5.74) is 1.74. The molecule has 0 bridgehead atoms. The first-order valence-electron chi connectivity index (χ1n) is 3.59. The molecule has 0 heterocycles. The zero-order valence-electron chi connectivity index (χ0n) is 6.50. The second kappa shape index (κ2) is 4.58. The Morgan fingerprint density at radius 1 is 1.33 bits per heavy atom. The van der Waals surface area contributed by atoms with Crippen LogP contribution in [0.2, 0.25) is 0 Å². The molecule has 0 saturated heterocycles. The first-order chi connectivity index (χ1) is 5.86. The largest absolute Gasteiger partial charge is 0.192 e. The lowest BCUT2D eigenvalue weighted by molar-refractivity contribution is 1.48. The van der Waals surface area contributed by atoms with Gasteiger partial charge in [-0.2, -0.15) is 5.26 Å². The average molecular weight is 178 g/mol. The van der Waals surface area contributed by atoms with Crippen LogP contribution in [0, 0.1) is 11.3 Å². The van der Waals surface area contributed by atoms with E-state index < -0.39 is 0 Å². The van der Waals surface area contributed by atoms with Crippen molar-refractivity contribution in [2.45, 2.75) is 0 Å². The van der Waals surface area contributed by atoms with E-state index in [1.54, 1.807) is 12.1 Å². The van der Waals surface area contributed by atoms with Gasteiger partial charge >= 0.3 is 0 Å². The van der Waals surface area contributed by atoms with Crippen LogP contribution >= 0.6 is 11.6 Å². The lowest BCUT2D eigenvalue weighted by Gasteiger charge is -1.91. The van der Waals surface area contributed by atoms with Crippen LogP contribution in [0.4, 0.5) is 0 Å². The molecule has 0 aliphatic heterocycles. The first kappa shape index (κ1) is 8.83. The summed E-state index contributed by atoms with van der Waals surface area (Å²) in [5.74, 6) is 0.514. The molecule has 0 fully saturated rings. The van der Waals surface area contributed by atoms with E-state index >= 15 is 0 Å². The number of nitrogens with zero attached hydrogens (tertiary/aromatic N) is 1. The fourth-order valence-corrected chi connectivity index (χ4v) is 0.938.